The van der Waals surface area contributed by atoms with Crippen molar-refractivity contribution in [2.24, 2.45) is 5.73 Å². The third-order valence-corrected chi connectivity index (χ3v) is 3.19. The molecule has 18 heavy (non-hydrogen) atoms. The minimum atomic E-state index is -0.141. The first kappa shape index (κ1) is 12.7. The van der Waals surface area contributed by atoms with Crippen LogP contribution in [0.2, 0.25) is 0 Å². The lowest BCUT2D eigenvalue weighted by molar-refractivity contribution is 0.474. The van der Waals surface area contributed by atoms with Crippen molar-refractivity contribution in [1.29, 1.82) is 5.26 Å². The summed E-state index contributed by atoms with van der Waals surface area (Å²) in [4.78, 5) is 2.33. The van der Waals surface area contributed by atoms with Crippen molar-refractivity contribution in [3.63, 3.8) is 0 Å². The summed E-state index contributed by atoms with van der Waals surface area (Å²) >= 11 is 0. The number of nitriles is 1. The quantitative estimate of drug-likeness (QED) is 0.852. The Kier molecular flexibility index (Phi) is 3.44. The summed E-state index contributed by atoms with van der Waals surface area (Å²) in [6.45, 7) is 6.94. The maximum absolute atomic E-state index is 8.91. The predicted octanol–water partition coefficient (Wildman–Crippen LogP) is 1.92. The Morgan fingerprint density at radius 2 is 2.28 bits per heavy atom. The van der Waals surface area contributed by atoms with E-state index in [9.17, 15) is 0 Å². The van der Waals surface area contributed by atoms with Crippen molar-refractivity contribution < 1.29 is 0 Å². The topological polar surface area (TPSA) is 65.1 Å². The van der Waals surface area contributed by atoms with Gasteiger partial charge in [-0.3, -0.25) is 0 Å². The first-order chi connectivity index (χ1) is 8.49. The van der Waals surface area contributed by atoms with E-state index in [0.717, 1.165) is 31.7 Å². The van der Waals surface area contributed by atoms with Crippen LogP contribution in [0.1, 0.15) is 25.8 Å². The molecule has 0 atom stereocenters. The fourth-order valence-electron chi connectivity index (χ4n) is 2.12. The summed E-state index contributed by atoms with van der Waals surface area (Å²) in [6, 6.07) is 7.97. The van der Waals surface area contributed by atoms with Crippen LogP contribution in [0.25, 0.3) is 0 Å². The second-order valence-corrected chi connectivity index (χ2v) is 5.50. The fourth-order valence-corrected chi connectivity index (χ4v) is 2.12. The number of hydrogen-bond donors (Lipinski definition) is 2. The number of nitrogens with zero attached hydrogens (tertiary/aromatic N) is 2. The van der Waals surface area contributed by atoms with Gasteiger partial charge in [0.25, 0.3) is 0 Å². The van der Waals surface area contributed by atoms with Gasteiger partial charge < -0.3 is 16.0 Å². The van der Waals surface area contributed by atoms with Gasteiger partial charge in [-0.05, 0) is 38.5 Å². The van der Waals surface area contributed by atoms with Crippen molar-refractivity contribution >= 4 is 11.4 Å². The molecule has 1 aliphatic rings. The van der Waals surface area contributed by atoms with Crippen LogP contribution >= 0.6 is 0 Å². The van der Waals surface area contributed by atoms with E-state index >= 15 is 0 Å². The smallest absolute Gasteiger partial charge is 0.0992 e. The lowest BCUT2D eigenvalue weighted by Crippen LogP contribution is -2.40. The molecule has 4 nitrogen and oxygen atoms in total. The normalized spacial score (nSPS) is 14.7. The molecule has 0 unspecified atom stereocenters. The number of hydrogen-bond acceptors (Lipinski definition) is 4. The van der Waals surface area contributed by atoms with E-state index in [0.29, 0.717) is 5.56 Å². The lowest BCUT2D eigenvalue weighted by atomic mass is 10.0. The summed E-state index contributed by atoms with van der Waals surface area (Å²) in [5.74, 6) is 0. The SMILES string of the molecule is CC(C)(N)CCN1CCNc2cc(C#N)ccc21. The van der Waals surface area contributed by atoms with Crippen LogP contribution in [0.5, 0.6) is 0 Å². The van der Waals surface area contributed by atoms with Crippen LogP contribution in [-0.2, 0) is 0 Å². The Labute approximate surface area is 108 Å². The zero-order valence-electron chi connectivity index (χ0n) is 11.0. The first-order valence-corrected chi connectivity index (χ1v) is 6.31. The van der Waals surface area contributed by atoms with Gasteiger partial charge in [0, 0.05) is 25.2 Å². The highest BCUT2D eigenvalue weighted by Gasteiger charge is 2.19. The van der Waals surface area contributed by atoms with E-state index in [4.69, 9.17) is 11.0 Å². The molecule has 96 valence electrons. The fraction of sp³-hybridized carbons (Fsp3) is 0.500. The molecule has 0 fully saturated rings. The summed E-state index contributed by atoms with van der Waals surface area (Å²) in [5, 5.41) is 12.2. The molecule has 0 aliphatic carbocycles. The highest BCUT2D eigenvalue weighted by molar-refractivity contribution is 5.73. The average Bonchev–Trinajstić information content (AvgIpc) is 2.34. The molecular weight excluding hydrogens is 224 g/mol. The molecule has 0 saturated carbocycles. The Hall–Kier alpha value is -1.73. The molecule has 1 aliphatic heterocycles. The zero-order valence-corrected chi connectivity index (χ0v) is 11.0. The minimum absolute atomic E-state index is 0.141. The molecule has 0 saturated heterocycles. The van der Waals surface area contributed by atoms with E-state index in [1.54, 1.807) is 0 Å². The Balaban J connectivity index is 2.16. The van der Waals surface area contributed by atoms with E-state index in [2.05, 4.69) is 30.1 Å². The predicted molar refractivity (Wildman–Crippen MR) is 74.7 cm³/mol. The molecule has 0 amide bonds. The largest absolute Gasteiger partial charge is 0.382 e. The molecule has 3 N–H and O–H groups in total. The molecule has 2 rings (SSSR count). The molecule has 1 aromatic rings. The average molecular weight is 244 g/mol. The van der Waals surface area contributed by atoms with Crippen LogP contribution in [0.4, 0.5) is 11.4 Å². The lowest BCUT2D eigenvalue weighted by Gasteiger charge is -2.34. The molecular formula is C14H20N4. The van der Waals surface area contributed by atoms with E-state index in [1.807, 2.05) is 18.2 Å². The van der Waals surface area contributed by atoms with Gasteiger partial charge in [0.1, 0.15) is 0 Å². The summed E-state index contributed by atoms with van der Waals surface area (Å²) in [7, 11) is 0. The third kappa shape index (κ3) is 2.93. The van der Waals surface area contributed by atoms with Gasteiger partial charge >= 0.3 is 0 Å². The monoisotopic (exact) mass is 244 g/mol. The molecule has 0 bridgehead atoms. The van der Waals surface area contributed by atoms with Gasteiger partial charge in [-0.25, -0.2) is 0 Å². The van der Waals surface area contributed by atoms with Gasteiger partial charge in [-0.1, -0.05) is 0 Å². The van der Waals surface area contributed by atoms with Crippen LogP contribution in [0.15, 0.2) is 18.2 Å². The number of rotatable bonds is 3. The van der Waals surface area contributed by atoms with E-state index in [-0.39, 0.29) is 5.54 Å². The van der Waals surface area contributed by atoms with Crippen molar-refractivity contribution in [3.05, 3.63) is 23.8 Å². The maximum Gasteiger partial charge on any atom is 0.0992 e. The molecule has 1 aromatic carbocycles. The Morgan fingerprint density at radius 3 is 2.94 bits per heavy atom. The maximum atomic E-state index is 8.91. The van der Waals surface area contributed by atoms with E-state index < -0.39 is 0 Å². The molecule has 4 heteroatoms. The molecule has 0 radical (unpaired) electrons. The van der Waals surface area contributed by atoms with Crippen molar-refractivity contribution in [2.45, 2.75) is 25.8 Å². The van der Waals surface area contributed by atoms with Crippen molar-refractivity contribution in [2.75, 3.05) is 29.9 Å². The number of nitrogens with one attached hydrogen (secondary N) is 1. The standard InChI is InChI=1S/C14H20N4/c1-14(2,16)5-7-18-8-6-17-12-9-11(10-15)3-4-13(12)18/h3-4,9,17H,5-8,16H2,1-2H3. The molecule has 0 aromatic heterocycles. The minimum Gasteiger partial charge on any atom is -0.382 e. The van der Waals surface area contributed by atoms with Crippen molar-refractivity contribution in [3.8, 4) is 6.07 Å². The Bertz CT molecular complexity index is 468. The zero-order chi connectivity index (χ0) is 13.2. The summed E-state index contributed by atoms with van der Waals surface area (Å²) < 4.78 is 0. The van der Waals surface area contributed by atoms with Gasteiger partial charge in [0.05, 0.1) is 23.0 Å². The van der Waals surface area contributed by atoms with E-state index in [1.165, 1.54) is 5.69 Å². The summed E-state index contributed by atoms with van der Waals surface area (Å²) in [6.07, 6.45) is 0.951. The van der Waals surface area contributed by atoms with Crippen LogP contribution < -0.4 is 16.0 Å². The summed E-state index contributed by atoms with van der Waals surface area (Å²) in [5.41, 5.74) is 8.81. The molecule has 0 spiro atoms. The first-order valence-electron chi connectivity index (χ1n) is 6.31. The number of fused-ring (bicyclic) bond motifs is 1. The third-order valence-electron chi connectivity index (χ3n) is 3.19. The highest BCUT2D eigenvalue weighted by atomic mass is 15.2. The number of anilines is 2. The second kappa shape index (κ2) is 4.87. The highest BCUT2D eigenvalue weighted by Crippen LogP contribution is 2.30. The van der Waals surface area contributed by atoms with Crippen LogP contribution in [0.3, 0.4) is 0 Å². The van der Waals surface area contributed by atoms with Gasteiger partial charge in [-0.2, -0.15) is 5.26 Å². The van der Waals surface area contributed by atoms with Gasteiger partial charge in [-0.15, -0.1) is 0 Å². The van der Waals surface area contributed by atoms with Crippen LogP contribution in [0, 0.1) is 11.3 Å². The number of nitrogens with two attached hydrogens (primary N) is 1. The van der Waals surface area contributed by atoms with Gasteiger partial charge in [0.2, 0.25) is 0 Å². The second-order valence-electron chi connectivity index (χ2n) is 5.50. The Morgan fingerprint density at radius 1 is 1.50 bits per heavy atom. The van der Waals surface area contributed by atoms with Gasteiger partial charge in [0.15, 0.2) is 0 Å². The number of benzene rings is 1. The van der Waals surface area contributed by atoms with Crippen molar-refractivity contribution in [1.82, 2.24) is 0 Å². The molecule has 1 heterocycles. The van der Waals surface area contributed by atoms with Crippen LogP contribution in [-0.4, -0.2) is 25.2 Å².